The molecule has 27 heavy (non-hydrogen) atoms. The standard InChI is InChI=1S/C21H17ClN4S/c1-15-7-2-5-11-19(15)26-20(16-9-6-12-23-13-16)24-25-21(26)27-14-17-8-3-4-10-18(17)22/h2-13H,14H2,1H3. The van der Waals surface area contributed by atoms with Gasteiger partial charge in [-0.05, 0) is 42.3 Å². The van der Waals surface area contributed by atoms with Crippen LogP contribution in [0.2, 0.25) is 5.02 Å². The number of rotatable bonds is 5. The molecule has 2 aromatic heterocycles. The molecular formula is C21H17ClN4S. The van der Waals surface area contributed by atoms with Crippen LogP contribution in [-0.2, 0) is 5.75 Å². The van der Waals surface area contributed by atoms with E-state index < -0.39 is 0 Å². The molecule has 0 saturated heterocycles. The Balaban J connectivity index is 1.77. The zero-order valence-electron chi connectivity index (χ0n) is 14.7. The van der Waals surface area contributed by atoms with E-state index in [1.807, 2.05) is 48.5 Å². The zero-order chi connectivity index (χ0) is 18.6. The second-order valence-corrected chi connectivity index (χ2v) is 7.40. The van der Waals surface area contributed by atoms with Crippen LogP contribution in [0.1, 0.15) is 11.1 Å². The summed E-state index contributed by atoms with van der Waals surface area (Å²) in [6, 6.07) is 20.0. The number of aromatic nitrogens is 4. The lowest BCUT2D eigenvalue weighted by Crippen LogP contribution is -2.02. The van der Waals surface area contributed by atoms with Gasteiger partial charge in [-0.1, -0.05) is 59.8 Å². The van der Waals surface area contributed by atoms with Gasteiger partial charge in [0.1, 0.15) is 0 Å². The molecule has 0 atom stereocenters. The molecule has 0 N–H and O–H groups in total. The van der Waals surface area contributed by atoms with Gasteiger partial charge in [-0.3, -0.25) is 9.55 Å². The maximum atomic E-state index is 6.31. The first-order valence-corrected chi connectivity index (χ1v) is 9.88. The normalized spacial score (nSPS) is 10.9. The van der Waals surface area contributed by atoms with Crippen molar-refractivity contribution in [3.63, 3.8) is 0 Å². The third-order valence-corrected chi connectivity index (χ3v) is 5.57. The van der Waals surface area contributed by atoms with Crippen LogP contribution in [0.4, 0.5) is 0 Å². The Hall–Kier alpha value is -2.63. The first kappa shape index (κ1) is 17.8. The molecule has 6 heteroatoms. The van der Waals surface area contributed by atoms with Crippen molar-refractivity contribution in [2.45, 2.75) is 17.8 Å². The van der Waals surface area contributed by atoms with Crippen molar-refractivity contribution in [1.82, 2.24) is 19.7 Å². The van der Waals surface area contributed by atoms with Crippen molar-refractivity contribution < 1.29 is 0 Å². The lowest BCUT2D eigenvalue weighted by molar-refractivity contribution is 0.880. The van der Waals surface area contributed by atoms with E-state index in [9.17, 15) is 0 Å². The Labute approximate surface area is 167 Å². The Bertz CT molecular complexity index is 1060. The predicted octanol–water partition coefficient (Wildman–Crippen LogP) is 5.58. The van der Waals surface area contributed by atoms with Crippen LogP contribution in [0.25, 0.3) is 17.1 Å². The molecule has 0 aliphatic carbocycles. The van der Waals surface area contributed by atoms with Gasteiger partial charge in [0.15, 0.2) is 11.0 Å². The van der Waals surface area contributed by atoms with Crippen LogP contribution in [-0.4, -0.2) is 19.7 Å². The summed E-state index contributed by atoms with van der Waals surface area (Å²) in [4.78, 5) is 4.23. The maximum Gasteiger partial charge on any atom is 0.196 e. The smallest absolute Gasteiger partial charge is 0.196 e. The molecule has 4 nitrogen and oxygen atoms in total. The van der Waals surface area contributed by atoms with Crippen molar-refractivity contribution in [3.05, 3.63) is 89.2 Å². The van der Waals surface area contributed by atoms with E-state index in [1.54, 1.807) is 24.2 Å². The fraction of sp³-hybridized carbons (Fsp3) is 0.0952. The molecule has 0 aliphatic heterocycles. The topological polar surface area (TPSA) is 43.6 Å². The Morgan fingerprint density at radius 3 is 2.56 bits per heavy atom. The van der Waals surface area contributed by atoms with E-state index in [-0.39, 0.29) is 0 Å². The fourth-order valence-electron chi connectivity index (χ4n) is 2.83. The Morgan fingerprint density at radius 1 is 0.963 bits per heavy atom. The first-order chi connectivity index (χ1) is 13.2. The van der Waals surface area contributed by atoms with Crippen LogP contribution >= 0.6 is 23.4 Å². The Morgan fingerprint density at radius 2 is 1.78 bits per heavy atom. The molecule has 4 aromatic rings. The first-order valence-electron chi connectivity index (χ1n) is 8.52. The molecule has 0 aliphatic rings. The summed E-state index contributed by atoms with van der Waals surface area (Å²) < 4.78 is 2.09. The third kappa shape index (κ3) is 3.75. The van der Waals surface area contributed by atoms with E-state index in [0.717, 1.165) is 44.1 Å². The van der Waals surface area contributed by atoms with Crippen LogP contribution in [0.5, 0.6) is 0 Å². The monoisotopic (exact) mass is 392 g/mol. The van der Waals surface area contributed by atoms with E-state index in [0.29, 0.717) is 0 Å². The van der Waals surface area contributed by atoms with Gasteiger partial charge in [-0.15, -0.1) is 10.2 Å². The number of benzene rings is 2. The van der Waals surface area contributed by atoms with Crippen LogP contribution in [0, 0.1) is 6.92 Å². The number of nitrogens with zero attached hydrogens (tertiary/aromatic N) is 4. The number of thioether (sulfide) groups is 1. The minimum Gasteiger partial charge on any atom is -0.270 e. The molecule has 0 bridgehead atoms. The number of hydrogen-bond donors (Lipinski definition) is 0. The van der Waals surface area contributed by atoms with Crippen LogP contribution < -0.4 is 0 Å². The van der Waals surface area contributed by atoms with Crippen molar-refractivity contribution in [2.75, 3.05) is 0 Å². The predicted molar refractivity (Wildman–Crippen MR) is 110 cm³/mol. The molecule has 2 aromatic carbocycles. The average Bonchev–Trinajstić information content (AvgIpc) is 3.12. The number of halogens is 1. The molecule has 4 rings (SSSR count). The maximum absolute atomic E-state index is 6.31. The average molecular weight is 393 g/mol. The summed E-state index contributed by atoms with van der Waals surface area (Å²) in [5.74, 6) is 1.50. The van der Waals surface area contributed by atoms with Gasteiger partial charge in [0.25, 0.3) is 0 Å². The molecule has 0 fully saturated rings. The van der Waals surface area contributed by atoms with Gasteiger partial charge in [0.2, 0.25) is 0 Å². The van der Waals surface area contributed by atoms with Crippen LogP contribution in [0.3, 0.4) is 0 Å². The molecule has 0 amide bonds. The number of aryl methyl sites for hydroxylation is 1. The summed E-state index contributed by atoms with van der Waals surface area (Å²) in [6.45, 7) is 2.09. The van der Waals surface area contributed by atoms with Gasteiger partial charge in [-0.25, -0.2) is 0 Å². The van der Waals surface area contributed by atoms with Gasteiger partial charge in [-0.2, -0.15) is 0 Å². The number of para-hydroxylation sites is 1. The summed E-state index contributed by atoms with van der Waals surface area (Å²) in [5, 5.41) is 10.5. The van der Waals surface area contributed by atoms with Gasteiger partial charge in [0, 0.05) is 28.7 Å². The summed E-state index contributed by atoms with van der Waals surface area (Å²) in [6.07, 6.45) is 3.56. The fourth-order valence-corrected chi connectivity index (χ4v) is 4.07. The quantitative estimate of drug-likeness (QED) is 0.415. The van der Waals surface area contributed by atoms with Crippen molar-refractivity contribution >= 4 is 23.4 Å². The zero-order valence-corrected chi connectivity index (χ0v) is 16.3. The van der Waals surface area contributed by atoms with E-state index in [1.165, 1.54) is 0 Å². The Kier molecular flexibility index (Phi) is 5.23. The summed E-state index contributed by atoms with van der Waals surface area (Å²) in [7, 11) is 0. The highest BCUT2D eigenvalue weighted by atomic mass is 35.5. The molecule has 0 radical (unpaired) electrons. The highest BCUT2D eigenvalue weighted by Gasteiger charge is 2.17. The SMILES string of the molecule is Cc1ccccc1-n1c(SCc2ccccc2Cl)nnc1-c1cccnc1. The lowest BCUT2D eigenvalue weighted by atomic mass is 10.2. The summed E-state index contributed by atoms with van der Waals surface area (Å²) >= 11 is 7.93. The van der Waals surface area contributed by atoms with Gasteiger partial charge in [0.05, 0.1) is 5.69 Å². The summed E-state index contributed by atoms with van der Waals surface area (Å²) in [5.41, 5.74) is 4.22. The van der Waals surface area contributed by atoms with Crippen LogP contribution in [0.15, 0.2) is 78.2 Å². The van der Waals surface area contributed by atoms with E-state index >= 15 is 0 Å². The lowest BCUT2D eigenvalue weighted by Gasteiger charge is -2.13. The van der Waals surface area contributed by atoms with E-state index in [4.69, 9.17) is 11.6 Å². The molecule has 2 heterocycles. The van der Waals surface area contributed by atoms with Crippen molar-refractivity contribution in [1.29, 1.82) is 0 Å². The molecule has 0 saturated carbocycles. The molecular weight excluding hydrogens is 376 g/mol. The molecule has 0 unspecified atom stereocenters. The third-order valence-electron chi connectivity index (χ3n) is 4.22. The minimum atomic E-state index is 0.719. The second kappa shape index (κ2) is 7.94. The number of pyridine rings is 1. The second-order valence-electron chi connectivity index (χ2n) is 6.05. The van der Waals surface area contributed by atoms with Crippen molar-refractivity contribution in [2.24, 2.45) is 0 Å². The minimum absolute atomic E-state index is 0.719. The number of hydrogen-bond acceptors (Lipinski definition) is 4. The highest BCUT2D eigenvalue weighted by Crippen LogP contribution is 2.31. The largest absolute Gasteiger partial charge is 0.270 e. The van der Waals surface area contributed by atoms with Crippen molar-refractivity contribution in [3.8, 4) is 17.1 Å². The van der Waals surface area contributed by atoms with Gasteiger partial charge >= 0.3 is 0 Å². The molecule has 0 spiro atoms. The molecule has 134 valence electrons. The highest BCUT2D eigenvalue weighted by molar-refractivity contribution is 7.98. The van der Waals surface area contributed by atoms with Gasteiger partial charge < -0.3 is 0 Å². The van der Waals surface area contributed by atoms with E-state index in [2.05, 4.69) is 38.8 Å².